The summed E-state index contributed by atoms with van der Waals surface area (Å²) < 4.78 is 0. The predicted molar refractivity (Wildman–Crippen MR) is 98.7 cm³/mol. The molecule has 0 amide bonds. The van der Waals surface area contributed by atoms with E-state index in [0.29, 0.717) is 11.7 Å². The Balaban J connectivity index is 1.94. The third-order valence-corrected chi connectivity index (χ3v) is 4.72. The second-order valence-electron chi connectivity index (χ2n) is 6.44. The van der Waals surface area contributed by atoms with Gasteiger partial charge in [0.15, 0.2) is 5.88 Å². The zero-order valence-electron chi connectivity index (χ0n) is 13.5. The van der Waals surface area contributed by atoms with Crippen LogP contribution in [0.3, 0.4) is 0 Å². The molecular formula is C20H21N3O. The first-order valence-electron chi connectivity index (χ1n) is 8.46. The van der Waals surface area contributed by atoms with E-state index in [-0.39, 0.29) is 5.88 Å². The molecule has 24 heavy (non-hydrogen) atoms. The second-order valence-corrected chi connectivity index (χ2v) is 6.44. The molecule has 1 fully saturated rings. The molecule has 0 atom stereocenters. The van der Waals surface area contributed by atoms with Gasteiger partial charge in [-0.1, -0.05) is 43.2 Å². The van der Waals surface area contributed by atoms with E-state index in [1.54, 1.807) is 0 Å². The van der Waals surface area contributed by atoms with Crippen molar-refractivity contribution >= 4 is 22.3 Å². The largest absolute Gasteiger partial charge is 0.494 e. The Bertz CT molecular complexity index is 890. The maximum Gasteiger partial charge on any atom is 0.199 e. The third kappa shape index (κ3) is 2.64. The van der Waals surface area contributed by atoms with Gasteiger partial charge in [-0.2, -0.15) is 0 Å². The summed E-state index contributed by atoms with van der Waals surface area (Å²) in [5, 5.41) is 11.5. The molecule has 1 aliphatic rings. The summed E-state index contributed by atoms with van der Waals surface area (Å²) >= 11 is 0. The lowest BCUT2D eigenvalue weighted by molar-refractivity contribution is 0.457. The first-order chi connectivity index (χ1) is 11.7. The average molecular weight is 319 g/mol. The standard InChI is InChI=1S/C20H21N3O/c21-14-10-11-17-16(12-14)18(20(24)23-17)19(13-6-2-1-3-7-13)22-15-8-4-5-9-15/h1-3,6-7,10-12,15,23-24H,4-5,8-9,21H2. The molecule has 0 saturated heterocycles. The number of nitrogen functional groups attached to an aromatic ring is 1. The van der Waals surface area contributed by atoms with Crippen LogP contribution in [-0.2, 0) is 0 Å². The molecule has 0 unspecified atom stereocenters. The number of benzene rings is 2. The van der Waals surface area contributed by atoms with Crippen LogP contribution in [0.25, 0.3) is 10.9 Å². The van der Waals surface area contributed by atoms with Gasteiger partial charge in [0, 0.05) is 22.2 Å². The number of aromatic amines is 1. The molecule has 1 saturated carbocycles. The number of anilines is 1. The van der Waals surface area contributed by atoms with Gasteiger partial charge >= 0.3 is 0 Å². The number of nitrogens with zero attached hydrogens (tertiary/aromatic N) is 1. The van der Waals surface area contributed by atoms with Crippen molar-refractivity contribution in [3.8, 4) is 5.88 Å². The number of aliphatic imine (C=N–C) groups is 1. The fourth-order valence-electron chi connectivity index (χ4n) is 3.53. The molecular weight excluding hydrogens is 298 g/mol. The van der Waals surface area contributed by atoms with Crippen LogP contribution in [0.2, 0.25) is 0 Å². The minimum absolute atomic E-state index is 0.149. The SMILES string of the molecule is Nc1ccc2[nH]c(O)c(C(=NC3CCCC3)c3ccccc3)c2c1. The fourth-order valence-corrected chi connectivity index (χ4v) is 3.53. The summed E-state index contributed by atoms with van der Waals surface area (Å²) in [6.07, 6.45) is 4.68. The number of aromatic nitrogens is 1. The summed E-state index contributed by atoms with van der Waals surface area (Å²) in [4.78, 5) is 8.07. The van der Waals surface area contributed by atoms with Crippen molar-refractivity contribution in [1.29, 1.82) is 0 Å². The zero-order valence-corrected chi connectivity index (χ0v) is 13.5. The van der Waals surface area contributed by atoms with Gasteiger partial charge in [0.1, 0.15) is 0 Å². The van der Waals surface area contributed by atoms with E-state index < -0.39 is 0 Å². The van der Waals surface area contributed by atoms with Crippen molar-refractivity contribution < 1.29 is 5.11 Å². The summed E-state index contributed by atoms with van der Waals surface area (Å²) in [7, 11) is 0. The Hall–Kier alpha value is -2.75. The second kappa shape index (κ2) is 6.04. The maximum absolute atomic E-state index is 10.6. The highest BCUT2D eigenvalue weighted by Gasteiger charge is 2.21. The maximum atomic E-state index is 10.6. The summed E-state index contributed by atoms with van der Waals surface area (Å²) in [6, 6.07) is 16.0. The van der Waals surface area contributed by atoms with Gasteiger partial charge in [-0.05, 0) is 31.0 Å². The van der Waals surface area contributed by atoms with Crippen LogP contribution in [0.4, 0.5) is 5.69 Å². The fraction of sp³-hybridized carbons (Fsp3) is 0.250. The predicted octanol–water partition coefficient (Wildman–Crippen LogP) is 4.24. The molecule has 4 heteroatoms. The molecule has 122 valence electrons. The van der Waals surface area contributed by atoms with Gasteiger partial charge in [-0.15, -0.1) is 0 Å². The van der Waals surface area contributed by atoms with Crippen LogP contribution >= 0.6 is 0 Å². The smallest absolute Gasteiger partial charge is 0.199 e. The van der Waals surface area contributed by atoms with Crippen molar-refractivity contribution in [3.05, 3.63) is 59.7 Å². The van der Waals surface area contributed by atoms with E-state index in [2.05, 4.69) is 4.98 Å². The van der Waals surface area contributed by atoms with E-state index in [1.807, 2.05) is 48.5 Å². The van der Waals surface area contributed by atoms with E-state index in [9.17, 15) is 5.11 Å². The molecule has 3 aromatic rings. The molecule has 0 spiro atoms. The molecule has 1 heterocycles. The van der Waals surface area contributed by atoms with Crippen LogP contribution < -0.4 is 5.73 Å². The molecule has 2 aromatic carbocycles. The average Bonchev–Trinajstić information content (AvgIpc) is 3.20. The van der Waals surface area contributed by atoms with Crippen molar-refractivity contribution in [1.82, 2.24) is 4.98 Å². The quantitative estimate of drug-likeness (QED) is 0.499. The van der Waals surface area contributed by atoms with Crippen molar-refractivity contribution in [2.24, 2.45) is 4.99 Å². The van der Waals surface area contributed by atoms with Gasteiger partial charge in [0.25, 0.3) is 0 Å². The third-order valence-electron chi connectivity index (χ3n) is 4.72. The van der Waals surface area contributed by atoms with E-state index in [1.165, 1.54) is 12.8 Å². The lowest BCUT2D eigenvalue weighted by Crippen LogP contribution is -2.09. The molecule has 0 bridgehead atoms. The highest BCUT2D eigenvalue weighted by atomic mass is 16.3. The first-order valence-corrected chi connectivity index (χ1v) is 8.46. The molecule has 4 N–H and O–H groups in total. The molecule has 4 rings (SSSR count). The van der Waals surface area contributed by atoms with E-state index in [0.717, 1.165) is 40.6 Å². The number of aromatic hydroxyl groups is 1. The van der Waals surface area contributed by atoms with Gasteiger partial charge in [0.2, 0.25) is 0 Å². The van der Waals surface area contributed by atoms with E-state index >= 15 is 0 Å². The topological polar surface area (TPSA) is 74.4 Å². The van der Waals surface area contributed by atoms with Crippen LogP contribution in [0.1, 0.15) is 36.8 Å². The number of hydrogen-bond acceptors (Lipinski definition) is 3. The van der Waals surface area contributed by atoms with Crippen molar-refractivity contribution in [2.75, 3.05) is 5.73 Å². The monoisotopic (exact) mass is 319 g/mol. The van der Waals surface area contributed by atoms with Gasteiger partial charge in [0.05, 0.1) is 17.3 Å². The number of H-pyrrole nitrogens is 1. The van der Waals surface area contributed by atoms with Crippen molar-refractivity contribution in [3.63, 3.8) is 0 Å². The molecule has 0 aliphatic heterocycles. The molecule has 4 nitrogen and oxygen atoms in total. The number of nitrogens with one attached hydrogen (secondary N) is 1. The number of nitrogens with two attached hydrogens (primary N) is 1. The summed E-state index contributed by atoms with van der Waals surface area (Å²) in [5.74, 6) is 0.149. The molecule has 0 radical (unpaired) electrons. The first kappa shape index (κ1) is 14.8. The lowest BCUT2D eigenvalue weighted by atomic mass is 10.00. The Kier molecular flexibility index (Phi) is 3.73. The highest BCUT2D eigenvalue weighted by Crippen LogP contribution is 2.32. The van der Waals surface area contributed by atoms with Crippen LogP contribution in [0, 0.1) is 0 Å². The zero-order chi connectivity index (χ0) is 16.5. The summed E-state index contributed by atoms with van der Waals surface area (Å²) in [5.41, 5.74) is 10.1. The minimum atomic E-state index is 0.149. The van der Waals surface area contributed by atoms with E-state index in [4.69, 9.17) is 10.7 Å². The van der Waals surface area contributed by atoms with Crippen LogP contribution in [0.15, 0.2) is 53.5 Å². The normalized spacial score (nSPS) is 16.1. The number of hydrogen-bond donors (Lipinski definition) is 3. The Morgan fingerprint density at radius 1 is 1.08 bits per heavy atom. The molecule has 1 aromatic heterocycles. The number of rotatable bonds is 3. The van der Waals surface area contributed by atoms with Gasteiger partial charge < -0.3 is 15.8 Å². The number of fused-ring (bicyclic) bond motifs is 1. The molecule has 1 aliphatic carbocycles. The Morgan fingerprint density at radius 2 is 1.83 bits per heavy atom. The van der Waals surface area contributed by atoms with Gasteiger partial charge in [-0.25, -0.2) is 0 Å². The van der Waals surface area contributed by atoms with Crippen molar-refractivity contribution in [2.45, 2.75) is 31.7 Å². The van der Waals surface area contributed by atoms with Gasteiger partial charge in [-0.3, -0.25) is 4.99 Å². The highest BCUT2D eigenvalue weighted by molar-refractivity contribution is 6.21. The lowest BCUT2D eigenvalue weighted by Gasteiger charge is -2.11. The Labute approximate surface area is 141 Å². The Morgan fingerprint density at radius 3 is 2.58 bits per heavy atom. The van der Waals surface area contributed by atoms with Crippen LogP contribution in [0.5, 0.6) is 5.88 Å². The minimum Gasteiger partial charge on any atom is -0.494 e. The van der Waals surface area contributed by atoms with Crippen LogP contribution in [-0.4, -0.2) is 21.8 Å². The summed E-state index contributed by atoms with van der Waals surface area (Å²) in [6.45, 7) is 0.